The third kappa shape index (κ3) is 5.77. The van der Waals surface area contributed by atoms with E-state index in [2.05, 4.69) is 60.3 Å². The van der Waals surface area contributed by atoms with E-state index >= 15 is 0 Å². The summed E-state index contributed by atoms with van der Waals surface area (Å²) in [6.07, 6.45) is 12.5. The predicted octanol–water partition coefficient (Wildman–Crippen LogP) is 5.46. The van der Waals surface area contributed by atoms with Crippen molar-refractivity contribution < 1.29 is 20.8 Å². The second-order valence-electron chi connectivity index (χ2n) is 5.65. The number of halogens is 2. The van der Waals surface area contributed by atoms with E-state index in [0.717, 1.165) is 5.69 Å². The Bertz CT molecular complexity index is 758. The second-order valence-corrected chi connectivity index (χ2v) is 9.38. The Labute approximate surface area is 161 Å². The normalized spacial score (nSPS) is 13.7. The summed E-state index contributed by atoms with van der Waals surface area (Å²) >= 11 is -0.826. The van der Waals surface area contributed by atoms with Crippen LogP contribution in [0.4, 0.5) is 0 Å². The van der Waals surface area contributed by atoms with E-state index in [1.54, 1.807) is 11.0 Å². The van der Waals surface area contributed by atoms with Crippen molar-refractivity contribution >= 4 is 27.8 Å². The molecule has 1 aromatic heterocycles. The van der Waals surface area contributed by atoms with Crippen LogP contribution in [-0.2, 0) is 20.8 Å². The smallest absolute Gasteiger partial charge is 0.138 e. The third-order valence-corrected chi connectivity index (χ3v) is 3.35. The number of fused-ring (bicyclic) bond motifs is 1. The molecule has 2 aromatic carbocycles. The van der Waals surface area contributed by atoms with E-state index in [-0.39, 0.29) is 5.41 Å². The van der Waals surface area contributed by atoms with Crippen LogP contribution in [0, 0.1) is 11.5 Å². The molecule has 0 fully saturated rings. The van der Waals surface area contributed by atoms with Gasteiger partial charge >= 0.3 is 37.9 Å². The van der Waals surface area contributed by atoms with Crippen molar-refractivity contribution in [3.8, 4) is 5.69 Å². The van der Waals surface area contributed by atoms with Crippen LogP contribution in [-0.4, -0.2) is 14.8 Å². The van der Waals surface area contributed by atoms with Crippen molar-refractivity contribution in [2.24, 2.45) is 5.41 Å². The molecule has 1 aliphatic rings. The van der Waals surface area contributed by atoms with Gasteiger partial charge in [-0.1, -0.05) is 25.3 Å². The average molecular weight is 437 g/mol. The number of rotatable bonds is 1. The van der Waals surface area contributed by atoms with Crippen LogP contribution in [0.3, 0.4) is 0 Å². The van der Waals surface area contributed by atoms with Gasteiger partial charge in [-0.3, -0.25) is 6.08 Å². The quantitative estimate of drug-likeness (QED) is 0.474. The molecule has 0 radical (unpaired) electrons. The van der Waals surface area contributed by atoms with Crippen molar-refractivity contribution in [3.63, 3.8) is 0 Å². The van der Waals surface area contributed by atoms with Gasteiger partial charge in [0.1, 0.15) is 12.7 Å². The molecule has 0 N–H and O–H groups in total. The molecule has 0 bridgehead atoms. The summed E-state index contributed by atoms with van der Waals surface area (Å²) in [5.74, 6) is 0. The summed E-state index contributed by atoms with van der Waals surface area (Å²) in [4.78, 5) is 3.92. The Morgan fingerprint density at radius 2 is 2.00 bits per heavy atom. The minimum absolute atomic E-state index is 0.208. The number of aromatic nitrogens is 3. The predicted molar refractivity (Wildman–Crippen MR) is 96.9 cm³/mol. The zero-order valence-electron chi connectivity index (χ0n) is 13.4. The van der Waals surface area contributed by atoms with Crippen LogP contribution in [0.5, 0.6) is 0 Å². The minimum Gasteiger partial charge on any atom is -0.240 e. The van der Waals surface area contributed by atoms with Crippen LogP contribution < -0.4 is 0 Å². The molecule has 3 aromatic rings. The number of hydrogen-bond donors (Lipinski definition) is 0. The molecule has 122 valence electrons. The second kappa shape index (κ2) is 9.41. The van der Waals surface area contributed by atoms with Gasteiger partial charge in [-0.2, -0.15) is 11.2 Å². The summed E-state index contributed by atoms with van der Waals surface area (Å²) in [5.41, 5.74) is 1.27. The summed E-state index contributed by atoms with van der Waals surface area (Å²) in [6, 6.07) is 12.5. The van der Waals surface area contributed by atoms with E-state index in [1.807, 2.05) is 24.3 Å². The van der Waals surface area contributed by atoms with E-state index < -0.39 is 20.8 Å². The van der Waals surface area contributed by atoms with Crippen LogP contribution >= 0.6 is 17.0 Å². The molecule has 0 aliphatic heterocycles. The Morgan fingerprint density at radius 1 is 1.25 bits per heavy atom. The summed E-state index contributed by atoms with van der Waals surface area (Å²) in [7, 11) is 9.87. The number of allylic oxidation sites excluding steroid dienone is 4. The van der Waals surface area contributed by atoms with Gasteiger partial charge < -0.3 is 0 Å². The van der Waals surface area contributed by atoms with Gasteiger partial charge in [0.15, 0.2) is 0 Å². The first-order valence-electron chi connectivity index (χ1n) is 7.31. The Hall–Kier alpha value is -1.09. The molecule has 0 saturated heterocycles. The monoisotopic (exact) mass is 435 g/mol. The van der Waals surface area contributed by atoms with Gasteiger partial charge in [0, 0.05) is 0 Å². The van der Waals surface area contributed by atoms with Gasteiger partial charge in [-0.25, -0.2) is 21.8 Å². The third-order valence-electron chi connectivity index (χ3n) is 3.35. The van der Waals surface area contributed by atoms with Gasteiger partial charge in [0.25, 0.3) is 0 Å². The zero-order chi connectivity index (χ0) is 17.4. The zero-order valence-corrected chi connectivity index (χ0v) is 17.4. The maximum absolute atomic E-state index is 4.93. The first-order valence-corrected chi connectivity index (χ1v) is 13.6. The van der Waals surface area contributed by atoms with Crippen LogP contribution in [0.2, 0.25) is 0 Å². The molecule has 0 unspecified atom stereocenters. The summed E-state index contributed by atoms with van der Waals surface area (Å²) in [5, 5.41) is 6.56. The number of hydrogen-bond acceptors (Lipinski definition) is 2. The van der Waals surface area contributed by atoms with Crippen molar-refractivity contribution in [2.45, 2.75) is 13.8 Å². The minimum atomic E-state index is -0.826. The fourth-order valence-corrected chi connectivity index (χ4v) is 2.21. The van der Waals surface area contributed by atoms with E-state index in [0.29, 0.717) is 0 Å². The standard InChI is InChI=1S/C11H8N3.C7H9.2ClH.Zr/c1-2-4-10-6-11(5-9(10)3-1)14-8-12-7-13-14;1-7(2)5-3-4-6-7;;;/h1-8H;3-5H,1-2H3;2*1H;/q2*-1;;;+4/p-2. The summed E-state index contributed by atoms with van der Waals surface area (Å²) in [6.45, 7) is 4.26. The van der Waals surface area contributed by atoms with Gasteiger partial charge in [-0.15, -0.1) is 41.1 Å². The molecule has 0 atom stereocenters. The van der Waals surface area contributed by atoms with Gasteiger partial charge in [0.05, 0.1) is 0 Å². The van der Waals surface area contributed by atoms with Crippen molar-refractivity contribution in [2.75, 3.05) is 0 Å². The Balaban J connectivity index is 0.000000176. The molecule has 1 aliphatic carbocycles. The Kier molecular flexibility index (Phi) is 7.54. The fourth-order valence-electron chi connectivity index (χ4n) is 2.21. The maximum Gasteiger partial charge on any atom is 0.138 e. The fraction of sp³-hybridized carbons (Fsp3) is 0.167. The maximum atomic E-state index is 4.93. The SMILES string of the molecule is CC1(C)[C-]=CC=C1.[Cl][Zr+2][Cl].c1ccc2[cH-]c(-n3cncn3)cc2c1. The van der Waals surface area contributed by atoms with E-state index in [1.165, 1.54) is 17.1 Å². The van der Waals surface area contributed by atoms with Crippen molar-refractivity contribution in [1.82, 2.24) is 14.8 Å². The van der Waals surface area contributed by atoms with Crippen LogP contribution in [0.15, 0.2) is 67.3 Å². The van der Waals surface area contributed by atoms with Crippen molar-refractivity contribution in [1.29, 1.82) is 0 Å². The van der Waals surface area contributed by atoms with Crippen LogP contribution in [0.25, 0.3) is 16.5 Å². The van der Waals surface area contributed by atoms with Crippen LogP contribution in [0.1, 0.15) is 13.8 Å². The molecule has 0 amide bonds. The first kappa shape index (κ1) is 19.2. The molecular formula is C18H17Cl2N3Zr. The molecular weight excluding hydrogens is 420 g/mol. The topological polar surface area (TPSA) is 30.7 Å². The average Bonchev–Trinajstić information content (AvgIpc) is 3.27. The first-order chi connectivity index (χ1) is 11.6. The Morgan fingerprint density at radius 3 is 2.50 bits per heavy atom. The molecule has 1 heterocycles. The van der Waals surface area contributed by atoms with E-state index in [9.17, 15) is 0 Å². The summed E-state index contributed by atoms with van der Waals surface area (Å²) < 4.78 is 1.76. The number of nitrogens with zero attached hydrogens (tertiary/aromatic N) is 3. The van der Waals surface area contributed by atoms with Gasteiger partial charge in [-0.05, 0) is 5.69 Å². The van der Waals surface area contributed by atoms with Gasteiger partial charge in [0.2, 0.25) is 0 Å². The molecule has 0 spiro atoms. The van der Waals surface area contributed by atoms with E-state index in [4.69, 9.17) is 17.0 Å². The molecule has 4 rings (SSSR count). The molecule has 0 saturated carbocycles. The van der Waals surface area contributed by atoms with Crippen molar-refractivity contribution in [3.05, 3.63) is 73.4 Å². The molecule has 6 heteroatoms. The number of benzene rings is 1. The molecule has 24 heavy (non-hydrogen) atoms. The largest absolute Gasteiger partial charge is 0.240 e. The molecule has 3 nitrogen and oxygen atoms in total.